The molecule has 0 heterocycles. The second-order valence-corrected chi connectivity index (χ2v) is 8.56. The van der Waals surface area contributed by atoms with E-state index in [1.165, 1.54) is 0 Å². The summed E-state index contributed by atoms with van der Waals surface area (Å²) in [5, 5.41) is 12.3. The highest BCUT2D eigenvalue weighted by atomic mass is 16.6. The average Bonchev–Trinajstić information content (AvgIpc) is 2.73. The summed E-state index contributed by atoms with van der Waals surface area (Å²) < 4.78 is 11.3. The Morgan fingerprint density at radius 3 is 2.17 bits per heavy atom. The van der Waals surface area contributed by atoms with Crippen molar-refractivity contribution in [2.24, 2.45) is 5.41 Å². The van der Waals surface area contributed by atoms with E-state index < -0.39 is 22.9 Å². The molecule has 0 aliphatic rings. The van der Waals surface area contributed by atoms with Crippen LogP contribution in [0.5, 0.6) is 5.75 Å². The van der Waals surface area contributed by atoms with E-state index >= 15 is 0 Å². The van der Waals surface area contributed by atoms with Gasteiger partial charge in [-0.05, 0) is 50.1 Å². The van der Waals surface area contributed by atoms with Gasteiger partial charge in [0.1, 0.15) is 11.4 Å². The number of fused-ring (bicyclic) bond motifs is 1. The molecule has 3 aromatic carbocycles. The molecule has 0 amide bonds. The van der Waals surface area contributed by atoms with Crippen LogP contribution in [0.3, 0.4) is 0 Å². The maximum absolute atomic E-state index is 13.3. The van der Waals surface area contributed by atoms with Crippen molar-refractivity contribution in [2.75, 3.05) is 7.11 Å². The number of para-hydroxylation sites is 1. The van der Waals surface area contributed by atoms with Crippen molar-refractivity contribution in [2.45, 2.75) is 39.2 Å². The fourth-order valence-corrected chi connectivity index (χ4v) is 3.81. The molecule has 0 bridgehead atoms. The highest BCUT2D eigenvalue weighted by Gasteiger charge is 2.47. The highest BCUT2D eigenvalue weighted by Crippen LogP contribution is 2.47. The van der Waals surface area contributed by atoms with Gasteiger partial charge < -0.3 is 9.47 Å². The number of hydrogen-bond donors (Lipinski definition) is 0. The molecule has 154 valence electrons. The third-order valence-corrected chi connectivity index (χ3v) is 5.22. The summed E-state index contributed by atoms with van der Waals surface area (Å²) in [6.07, 6.45) is 0. The first kappa shape index (κ1) is 21.4. The van der Waals surface area contributed by atoms with Crippen LogP contribution in [0.1, 0.15) is 44.7 Å². The molecular formula is C26H27NO3. The van der Waals surface area contributed by atoms with Crippen LogP contribution in [0.25, 0.3) is 10.8 Å². The van der Waals surface area contributed by atoms with Crippen molar-refractivity contribution in [1.82, 2.24) is 0 Å². The maximum Gasteiger partial charge on any atom is 0.327 e. The molecule has 0 aromatic heterocycles. The predicted molar refractivity (Wildman–Crippen MR) is 118 cm³/mol. The molecule has 0 fully saturated rings. The fraction of sp³-hybridized carbons (Fsp3) is 0.308. The van der Waals surface area contributed by atoms with Crippen molar-refractivity contribution < 1.29 is 14.3 Å². The van der Waals surface area contributed by atoms with Crippen LogP contribution < -0.4 is 4.74 Å². The van der Waals surface area contributed by atoms with E-state index in [1.807, 2.05) is 66.7 Å². The van der Waals surface area contributed by atoms with Crippen LogP contribution in [0.15, 0.2) is 66.7 Å². The molecule has 0 saturated heterocycles. The molecule has 3 aromatic rings. The van der Waals surface area contributed by atoms with Crippen LogP contribution in [0.4, 0.5) is 0 Å². The van der Waals surface area contributed by atoms with Gasteiger partial charge in [0.25, 0.3) is 0 Å². The first-order valence-electron chi connectivity index (χ1n) is 9.96. The molecule has 0 radical (unpaired) electrons. The van der Waals surface area contributed by atoms with Gasteiger partial charge in [0.05, 0.1) is 13.2 Å². The predicted octanol–water partition coefficient (Wildman–Crippen LogP) is 5.85. The van der Waals surface area contributed by atoms with E-state index in [9.17, 15) is 10.1 Å². The zero-order valence-electron chi connectivity index (χ0n) is 18.1. The fourth-order valence-electron chi connectivity index (χ4n) is 3.81. The third kappa shape index (κ3) is 4.02. The standard InChI is InChI=1S/C26H27NO3/c1-25(2,3)30-24(28)26(4,17-27)23(21-14-8-9-16-22(21)29-5)20-15-10-12-18-11-6-7-13-19(18)20/h6-16,23H,1-5H3/t23-,26+/m0/s1. The lowest BCUT2D eigenvalue weighted by Gasteiger charge is -2.34. The number of methoxy groups -OCH3 is 1. The van der Waals surface area contributed by atoms with E-state index in [-0.39, 0.29) is 0 Å². The zero-order chi connectivity index (χ0) is 21.9. The Hall–Kier alpha value is -3.32. The number of benzene rings is 3. The van der Waals surface area contributed by atoms with E-state index in [2.05, 4.69) is 6.07 Å². The van der Waals surface area contributed by atoms with Gasteiger partial charge in [0, 0.05) is 11.5 Å². The molecule has 4 heteroatoms. The summed E-state index contributed by atoms with van der Waals surface area (Å²) in [4.78, 5) is 13.3. The Morgan fingerprint density at radius 1 is 0.900 bits per heavy atom. The Morgan fingerprint density at radius 2 is 1.50 bits per heavy atom. The summed E-state index contributed by atoms with van der Waals surface area (Å²) in [5.74, 6) is -0.513. The number of hydrogen-bond acceptors (Lipinski definition) is 4. The first-order chi connectivity index (χ1) is 14.2. The number of esters is 1. The van der Waals surface area contributed by atoms with E-state index in [1.54, 1.807) is 34.8 Å². The molecule has 0 aliphatic heterocycles. The van der Waals surface area contributed by atoms with Crippen molar-refractivity contribution in [3.8, 4) is 11.8 Å². The molecule has 30 heavy (non-hydrogen) atoms. The van der Waals surface area contributed by atoms with Crippen molar-refractivity contribution in [1.29, 1.82) is 5.26 Å². The highest BCUT2D eigenvalue weighted by molar-refractivity contribution is 5.89. The van der Waals surface area contributed by atoms with Gasteiger partial charge in [-0.3, -0.25) is 4.79 Å². The lowest BCUT2D eigenvalue weighted by molar-refractivity contribution is -0.164. The zero-order valence-corrected chi connectivity index (χ0v) is 18.1. The van der Waals surface area contributed by atoms with E-state index in [0.29, 0.717) is 5.75 Å². The van der Waals surface area contributed by atoms with E-state index in [0.717, 1.165) is 21.9 Å². The van der Waals surface area contributed by atoms with Gasteiger partial charge in [0.15, 0.2) is 5.41 Å². The first-order valence-corrected chi connectivity index (χ1v) is 9.96. The number of rotatable bonds is 5. The second kappa shape index (κ2) is 8.20. The molecule has 4 nitrogen and oxygen atoms in total. The van der Waals surface area contributed by atoms with Crippen molar-refractivity contribution >= 4 is 16.7 Å². The average molecular weight is 402 g/mol. The number of ether oxygens (including phenoxy) is 2. The molecule has 0 unspecified atom stereocenters. The summed E-state index contributed by atoms with van der Waals surface area (Å²) in [7, 11) is 1.59. The topological polar surface area (TPSA) is 59.3 Å². The van der Waals surface area contributed by atoms with Gasteiger partial charge in [-0.15, -0.1) is 0 Å². The lowest BCUT2D eigenvalue weighted by atomic mass is 9.69. The summed E-state index contributed by atoms with van der Waals surface area (Å²) >= 11 is 0. The minimum absolute atomic E-state index is 0.554. The Bertz CT molecular complexity index is 1100. The monoisotopic (exact) mass is 401 g/mol. The lowest BCUT2D eigenvalue weighted by Crippen LogP contribution is -2.39. The Balaban J connectivity index is 2.33. The van der Waals surface area contributed by atoms with Gasteiger partial charge in [0.2, 0.25) is 0 Å². The van der Waals surface area contributed by atoms with Gasteiger partial charge >= 0.3 is 5.97 Å². The molecule has 0 N–H and O–H groups in total. The van der Waals surface area contributed by atoms with Gasteiger partial charge in [-0.2, -0.15) is 5.26 Å². The quantitative estimate of drug-likeness (QED) is 0.503. The number of carbonyl (C=O) groups excluding carboxylic acids is 1. The normalized spacial score (nSPS) is 14.4. The number of carbonyl (C=O) groups is 1. The largest absolute Gasteiger partial charge is 0.496 e. The van der Waals surface area contributed by atoms with Crippen LogP contribution >= 0.6 is 0 Å². The van der Waals surface area contributed by atoms with E-state index in [4.69, 9.17) is 9.47 Å². The molecular weight excluding hydrogens is 374 g/mol. The molecule has 2 atom stereocenters. The number of nitrogens with zero attached hydrogens (tertiary/aromatic N) is 1. The van der Waals surface area contributed by atoms with Crippen molar-refractivity contribution in [3.05, 3.63) is 77.9 Å². The minimum Gasteiger partial charge on any atom is -0.496 e. The number of nitriles is 1. The molecule has 0 spiro atoms. The smallest absolute Gasteiger partial charge is 0.327 e. The van der Waals surface area contributed by atoms with Crippen LogP contribution in [0.2, 0.25) is 0 Å². The maximum atomic E-state index is 13.3. The Labute approximate surface area is 178 Å². The van der Waals surface area contributed by atoms with Crippen LogP contribution in [-0.2, 0) is 9.53 Å². The minimum atomic E-state index is -1.47. The second-order valence-electron chi connectivity index (χ2n) is 8.56. The van der Waals surface area contributed by atoms with Crippen LogP contribution in [-0.4, -0.2) is 18.7 Å². The van der Waals surface area contributed by atoms with Crippen molar-refractivity contribution in [3.63, 3.8) is 0 Å². The third-order valence-electron chi connectivity index (χ3n) is 5.22. The van der Waals surface area contributed by atoms with Gasteiger partial charge in [-0.25, -0.2) is 0 Å². The molecule has 0 saturated carbocycles. The van der Waals surface area contributed by atoms with Crippen LogP contribution in [0, 0.1) is 16.7 Å². The molecule has 3 rings (SSSR count). The summed E-state index contributed by atoms with van der Waals surface area (Å²) in [5.41, 5.74) is -0.524. The summed E-state index contributed by atoms with van der Waals surface area (Å²) in [6, 6.07) is 23.7. The molecule has 0 aliphatic carbocycles. The Kier molecular flexibility index (Phi) is 5.85. The SMILES string of the molecule is COc1ccccc1[C@H](c1cccc2ccccc12)[C@@](C)(C#N)C(=O)OC(C)(C)C. The summed E-state index contributed by atoms with van der Waals surface area (Å²) in [6.45, 7) is 7.07. The van der Waals surface area contributed by atoms with Gasteiger partial charge in [-0.1, -0.05) is 60.7 Å².